The van der Waals surface area contributed by atoms with E-state index in [0.29, 0.717) is 6.42 Å². The fourth-order valence-electron chi connectivity index (χ4n) is 2.04. The van der Waals surface area contributed by atoms with E-state index in [1.165, 1.54) is 11.1 Å². The third-order valence-corrected chi connectivity index (χ3v) is 5.47. The summed E-state index contributed by atoms with van der Waals surface area (Å²) >= 11 is 0. The second kappa shape index (κ2) is 11.8. The minimum Gasteiger partial charge on any atom is -0.302 e. The Hall–Kier alpha value is -0.780. The van der Waals surface area contributed by atoms with Crippen molar-refractivity contribution in [2.45, 2.75) is 53.4 Å². The highest BCUT2D eigenvalue weighted by Crippen LogP contribution is 2.57. The summed E-state index contributed by atoms with van der Waals surface area (Å²) in [5, 5.41) is 0. The van der Waals surface area contributed by atoms with Crippen LogP contribution in [-0.2, 0) is 18.0 Å². The first kappa shape index (κ1) is 25.2. The summed E-state index contributed by atoms with van der Waals surface area (Å²) in [7, 11) is -9.92. The fraction of sp³-hybridized carbons (Fsp3) is 0.529. The molecule has 26 heavy (non-hydrogen) atoms. The van der Waals surface area contributed by atoms with Crippen LogP contribution in [0.5, 0.6) is 0 Å². The van der Waals surface area contributed by atoms with Crippen molar-refractivity contribution in [1.82, 2.24) is 0 Å². The largest absolute Gasteiger partial charge is 0.481 e. The van der Waals surface area contributed by atoms with Gasteiger partial charge in [-0.1, -0.05) is 41.5 Å². The third-order valence-electron chi connectivity index (χ3n) is 3.32. The molecule has 3 N–H and O–H groups in total. The van der Waals surface area contributed by atoms with Crippen molar-refractivity contribution in [1.29, 1.82) is 0 Å². The molecule has 0 fully saturated rings. The van der Waals surface area contributed by atoms with Crippen molar-refractivity contribution in [3.8, 4) is 0 Å². The first-order valence-electron chi connectivity index (χ1n) is 8.20. The smallest absolute Gasteiger partial charge is 0.302 e. The van der Waals surface area contributed by atoms with E-state index in [1.54, 1.807) is 6.08 Å². The molecule has 0 aromatic rings. The van der Waals surface area contributed by atoms with Gasteiger partial charge in [-0.2, -0.15) is 4.31 Å². The average Bonchev–Trinajstić information content (AvgIpc) is 2.42. The van der Waals surface area contributed by atoms with E-state index >= 15 is 0 Å². The van der Waals surface area contributed by atoms with E-state index in [2.05, 4.69) is 48.3 Å². The minimum absolute atomic E-state index is 0.320. The number of phosphoric ester groups is 1. The van der Waals surface area contributed by atoms with E-state index in [9.17, 15) is 14.0 Å². The van der Waals surface area contributed by atoms with E-state index < -0.39 is 15.6 Å². The normalized spacial score (nSPS) is 15.5. The van der Waals surface area contributed by atoms with Crippen molar-refractivity contribution >= 4 is 15.6 Å². The number of hydrogen-bond acceptors (Lipinski definition) is 4. The fourth-order valence-corrected chi connectivity index (χ4v) is 3.57. The lowest BCUT2D eigenvalue weighted by atomic mass is 10.0. The van der Waals surface area contributed by atoms with Crippen LogP contribution >= 0.6 is 15.6 Å². The Morgan fingerprint density at radius 2 is 1.54 bits per heavy atom. The zero-order valence-corrected chi connectivity index (χ0v) is 17.6. The maximum atomic E-state index is 11.4. The van der Waals surface area contributed by atoms with Crippen LogP contribution in [0.15, 0.2) is 47.1 Å². The lowest BCUT2D eigenvalue weighted by Crippen LogP contribution is -1.96. The van der Waals surface area contributed by atoms with Crippen molar-refractivity contribution < 1.29 is 32.6 Å². The quantitative estimate of drug-likeness (QED) is 0.231. The summed E-state index contributed by atoms with van der Waals surface area (Å²) in [6.07, 6.45) is 9.36. The molecule has 0 aliphatic heterocycles. The molecule has 0 aliphatic rings. The summed E-state index contributed by atoms with van der Waals surface area (Å²) in [5.74, 6) is 0. The van der Waals surface area contributed by atoms with Gasteiger partial charge in [0.15, 0.2) is 0 Å². The Balaban J connectivity index is 4.59. The molecule has 0 spiro atoms. The number of allylic oxidation sites excluding steroid dienone is 6. The number of hydrogen-bond donors (Lipinski definition) is 3. The first-order chi connectivity index (χ1) is 11.8. The van der Waals surface area contributed by atoms with Gasteiger partial charge in [0.1, 0.15) is 0 Å². The molecule has 9 heteroatoms. The number of rotatable bonds is 12. The van der Waals surface area contributed by atoms with Crippen LogP contribution in [-0.4, -0.2) is 21.3 Å². The predicted molar refractivity (Wildman–Crippen MR) is 103 cm³/mol. The predicted octanol–water partition coefficient (Wildman–Crippen LogP) is 5.19. The lowest BCUT2D eigenvalue weighted by molar-refractivity contribution is 0.191. The van der Waals surface area contributed by atoms with Crippen LogP contribution in [0, 0.1) is 0 Å². The molecule has 0 heterocycles. The lowest BCUT2D eigenvalue weighted by Gasteiger charge is -2.12. The van der Waals surface area contributed by atoms with Gasteiger partial charge in [0.05, 0.1) is 6.61 Å². The Kier molecular flexibility index (Phi) is 11.5. The first-order valence-corrected chi connectivity index (χ1v) is 11.2. The van der Waals surface area contributed by atoms with Crippen LogP contribution in [0.2, 0.25) is 0 Å². The highest BCUT2D eigenvalue weighted by molar-refractivity contribution is 7.60. The Labute approximate surface area is 156 Å². The molecule has 0 aliphatic carbocycles. The molecule has 1 atom stereocenters. The van der Waals surface area contributed by atoms with Crippen LogP contribution in [0.3, 0.4) is 0 Å². The van der Waals surface area contributed by atoms with E-state index in [0.717, 1.165) is 30.4 Å². The maximum absolute atomic E-state index is 11.4. The molecule has 0 bridgehead atoms. The van der Waals surface area contributed by atoms with Crippen LogP contribution in [0.1, 0.15) is 53.4 Å². The highest BCUT2D eigenvalue weighted by atomic mass is 31.3. The van der Waals surface area contributed by atoms with Crippen molar-refractivity contribution in [2.75, 3.05) is 6.61 Å². The van der Waals surface area contributed by atoms with Gasteiger partial charge < -0.3 is 14.7 Å². The van der Waals surface area contributed by atoms with Gasteiger partial charge in [0.25, 0.3) is 0 Å². The summed E-state index contributed by atoms with van der Waals surface area (Å²) in [5.41, 5.74) is 4.21. The Morgan fingerprint density at radius 1 is 0.962 bits per heavy atom. The minimum atomic E-state index is -5.10. The third kappa shape index (κ3) is 14.4. The molecule has 0 saturated carbocycles. The van der Waals surface area contributed by atoms with E-state index in [1.807, 2.05) is 6.92 Å². The highest BCUT2D eigenvalue weighted by Gasteiger charge is 2.31. The maximum Gasteiger partial charge on any atom is 0.481 e. The van der Waals surface area contributed by atoms with Gasteiger partial charge in [0.2, 0.25) is 0 Å². The van der Waals surface area contributed by atoms with Gasteiger partial charge in [-0.15, -0.1) is 0 Å². The second-order valence-corrected chi connectivity index (χ2v) is 9.09. The zero-order valence-electron chi connectivity index (χ0n) is 15.8. The van der Waals surface area contributed by atoms with Crippen LogP contribution < -0.4 is 0 Å². The van der Waals surface area contributed by atoms with E-state index in [4.69, 9.17) is 9.79 Å². The summed E-state index contributed by atoms with van der Waals surface area (Å²) in [6.45, 7) is 11.6. The van der Waals surface area contributed by atoms with Crippen molar-refractivity contribution in [3.63, 3.8) is 0 Å². The standard InChI is InChI=1S/C17H30O7P2/c1-14(2)8-6-9-16(5)10-7-11-17(15(3)4)12-13-23-26(21,22)24-25(18,19)20/h8,10,12H,3,6-7,9,11,13H2,1-2,4-5H3,(H,21,22)(H2,18,19,20)/b16-10+,17-12-. The molecule has 0 saturated heterocycles. The van der Waals surface area contributed by atoms with Gasteiger partial charge in [0, 0.05) is 0 Å². The molecular formula is C17H30O7P2. The molecule has 0 rings (SSSR count). The van der Waals surface area contributed by atoms with E-state index in [-0.39, 0.29) is 6.61 Å². The topological polar surface area (TPSA) is 113 Å². The average molecular weight is 408 g/mol. The molecule has 0 aromatic heterocycles. The Morgan fingerprint density at radius 3 is 2.04 bits per heavy atom. The number of phosphoric acid groups is 2. The molecule has 7 nitrogen and oxygen atoms in total. The Bertz CT molecular complexity index is 652. The van der Waals surface area contributed by atoms with Gasteiger partial charge >= 0.3 is 15.6 Å². The van der Waals surface area contributed by atoms with Gasteiger partial charge in [-0.3, -0.25) is 4.52 Å². The van der Waals surface area contributed by atoms with Gasteiger partial charge in [-0.05, 0) is 59.0 Å². The molecule has 0 amide bonds. The van der Waals surface area contributed by atoms with Crippen molar-refractivity contribution in [3.05, 3.63) is 47.1 Å². The molecule has 1 unspecified atom stereocenters. The summed E-state index contributed by atoms with van der Waals surface area (Å²) < 4.78 is 30.2. The second-order valence-electron chi connectivity index (χ2n) is 6.26. The van der Waals surface area contributed by atoms with Crippen molar-refractivity contribution in [2.24, 2.45) is 0 Å². The zero-order chi connectivity index (χ0) is 20.4. The monoisotopic (exact) mass is 408 g/mol. The molecule has 150 valence electrons. The molecular weight excluding hydrogens is 378 g/mol. The SMILES string of the molecule is C=C(C)/C(=C\COP(=O)(O)OP(=O)(O)O)CC/C=C(\C)CCC=C(C)C. The molecule has 0 radical (unpaired) electrons. The van der Waals surface area contributed by atoms with Crippen LogP contribution in [0.25, 0.3) is 0 Å². The summed E-state index contributed by atoms with van der Waals surface area (Å²) in [6, 6.07) is 0. The summed E-state index contributed by atoms with van der Waals surface area (Å²) in [4.78, 5) is 26.3. The molecule has 0 aromatic carbocycles. The van der Waals surface area contributed by atoms with Crippen LogP contribution in [0.4, 0.5) is 0 Å². The van der Waals surface area contributed by atoms with Gasteiger partial charge in [-0.25, -0.2) is 9.13 Å².